The van der Waals surface area contributed by atoms with Crippen LogP contribution in [0.3, 0.4) is 0 Å². The van der Waals surface area contributed by atoms with Crippen molar-refractivity contribution in [1.82, 2.24) is 4.90 Å². The molecule has 8 heteroatoms. The number of halogens is 2. The second kappa shape index (κ2) is 9.46. The molecule has 0 atom stereocenters. The topological polar surface area (TPSA) is 58.6 Å². The van der Waals surface area contributed by atoms with E-state index >= 15 is 0 Å². The molecule has 0 unspecified atom stereocenters. The van der Waals surface area contributed by atoms with Gasteiger partial charge in [0, 0.05) is 11.6 Å². The number of thioether (sulfide) groups is 1. The second-order valence-electron chi connectivity index (χ2n) is 6.63. The number of anilines is 1. The zero-order valence-corrected chi connectivity index (χ0v) is 17.3. The van der Waals surface area contributed by atoms with E-state index in [2.05, 4.69) is 5.32 Å². The van der Waals surface area contributed by atoms with Crippen molar-refractivity contribution in [3.05, 3.63) is 40.5 Å². The Labute approximate surface area is 168 Å². The van der Waals surface area contributed by atoms with Crippen LogP contribution in [0.1, 0.15) is 32.8 Å². The van der Waals surface area contributed by atoms with Gasteiger partial charge in [0.1, 0.15) is 22.9 Å². The second-order valence-corrected chi connectivity index (χ2v) is 8.11. The largest absolute Gasteiger partial charge is 0.476 e. The van der Waals surface area contributed by atoms with Crippen LogP contribution in [0.2, 0.25) is 0 Å². The van der Waals surface area contributed by atoms with Crippen molar-refractivity contribution in [2.24, 2.45) is 0 Å². The Morgan fingerprint density at radius 3 is 2.85 bits per heavy atom. The fourth-order valence-corrected chi connectivity index (χ4v) is 3.79. The summed E-state index contributed by atoms with van der Waals surface area (Å²) in [4.78, 5) is 27.7. The minimum absolute atomic E-state index is 0.00479. The first-order valence-electron chi connectivity index (χ1n) is 8.62. The molecule has 0 aliphatic carbocycles. The number of hydrogen-bond acceptors (Lipinski definition) is 4. The molecule has 0 bridgehead atoms. The molecule has 0 fully saturated rings. The first-order valence-corrected chi connectivity index (χ1v) is 10.1. The van der Waals surface area contributed by atoms with Gasteiger partial charge in [-0.2, -0.15) is 0 Å². The lowest BCUT2D eigenvalue weighted by Gasteiger charge is -2.39. The summed E-state index contributed by atoms with van der Waals surface area (Å²) in [5, 5.41) is 2.76. The van der Waals surface area contributed by atoms with Crippen molar-refractivity contribution < 1.29 is 18.7 Å². The Balaban J connectivity index is 2.14. The molecule has 5 nitrogen and oxygen atoms in total. The maximum Gasteiger partial charge on any atom is 0.267 e. The highest BCUT2D eigenvalue weighted by molar-refractivity contribution is 8.04. The van der Waals surface area contributed by atoms with Crippen LogP contribution in [0.4, 0.5) is 10.1 Å². The number of nitrogens with one attached hydrogen (secondary N) is 1. The summed E-state index contributed by atoms with van der Waals surface area (Å²) in [7, 11) is 0. The standard InChI is InChI=1S/C19H24ClFN2O3S/c1-13-16(27-9-5-8-20)17(24)23(12-26-13)19(2,3)18(25)22-15-7-4-6-14(10-15)11-21/h4,6-7,10H,5,8-9,11-12H2,1-3H3,(H,22,25). The molecule has 2 amide bonds. The Bertz CT molecular complexity index is 739. The highest BCUT2D eigenvalue weighted by atomic mass is 35.5. The van der Waals surface area contributed by atoms with Gasteiger partial charge in [-0.1, -0.05) is 12.1 Å². The number of amides is 2. The third kappa shape index (κ3) is 5.17. The van der Waals surface area contributed by atoms with Crippen LogP contribution >= 0.6 is 23.4 Å². The zero-order valence-electron chi connectivity index (χ0n) is 15.7. The van der Waals surface area contributed by atoms with Gasteiger partial charge < -0.3 is 10.1 Å². The minimum Gasteiger partial charge on any atom is -0.476 e. The normalized spacial score (nSPS) is 15.0. The Morgan fingerprint density at radius 1 is 1.44 bits per heavy atom. The summed E-state index contributed by atoms with van der Waals surface area (Å²) in [6.45, 7) is 4.44. The smallest absolute Gasteiger partial charge is 0.267 e. The SMILES string of the molecule is CC1=C(SCCCCl)C(=O)N(C(C)(C)C(=O)Nc2cccc(CF)c2)CO1. The maximum atomic E-state index is 12.9. The highest BCUT2D eigenvalue weighted by Crippen LogP contribution is 2.32. The monoisotopic (exact) mass is 414 g/mol. The number of alkyl halides is 2. The quantitative estimate of drug-likeness (QED) is 0.509. The van der Waals surface area contributed by atoms with Crippen LogP contribution < -0.4 is 5.32 Å². The van der Waals surface area contributed by atoms with Crippen molar-refractivity contribution in [3.8, 4) is 0 Å². The molecule has 0 aromatic heterocycles. The number of nitrogens with zero attached hydrogens (tertiary/aromatic N) is 1. The van der Waals surface area contributed by atoms with Gasteiger partial charge in [0.25, 0.3) is 5.91 Å². The average Bonchev–Trinajstić information content (AvgIpc) is 2.64. The van der Waals surface area contributed by atoms with Crippen LogP contribution in [-0.2, 0) is 21.0 Å². The third-order valence-corrected chi connectivity index (χ3v) is 5.77. The summed E-state index contributed by atoms with van der Waals surface area (Å²) >= 11 is 7.09. The summed E-state index contributed by atoms with van der Waals surface area (Å²) in [6, 6.07) is 6.56. The molecule has 0 spiro atoms. The van der Waals surface area contributed by atoms with Gasteiger partial charge in [0.15, 0.2) is 6.73 Å². The van der Waals surface area contributed by atoms with Crippen LogP contribution in [0.5, 0.6) is 0 Å². The van der Waals surface area contributed by atoms with Crippen molar-refractivity contribution in [1.29, 1.82) is 0 Å². The third-order valence-electron chi connectivity index (χ3n) is 4.26. The predicted octanol–water partition coefficient (Wildman–Crippen LogP) is 4.28. The van der Waals surface area contributed by atoms with Crippen LogP contribution in [0.15, 0.2) is 34.9 Å². The molecule has 2 rings (SSSR count). The van der Waals surface area contributed by atoms with Crippen LogP contribution in [-0.4, -0.2) is 40.6 Å². The van der Waals surface area contributed by atoms with E-state index in [9.17, 15) is 14.0 Å². The lowest BCUT2D eigenvalue weighted by Crippen LogP contribution is -2.57. The molecule has 1 aliphatic heterocycles. The maximum absolute atomic E-state index is 12.9. The Hall–Kier alpha value is -1.73. The van der Waals surface area contributed by atoms with E-state index in [4.69, 9.17) is 16.3 Å². The Kier molecular flexibility index (Phi) is 7.56. The van der Waals surface area contributed by atoms with Gasteiger partial charge in [-0.05, 0) is 50.6 Å². The molecule has 1 aromatic carbocycles. The van der Waals surface area contributed by atoms with E-state index in [1.54, 1.807) is 45.0 Å². The van der Waals surface area contributed by atoms with E-state index in [-0.39, 0.29) is 18.5 Å². The van der Waals surface area contributed by atoms with Gasteiger partial charge >= 0.3 is 0 Å². The molecule has 1 heterocycles. The number of benzene rings is 1. The summed E-state index contributed by atoms with van der Waals surface area (Å²) < 4.78 is 18.5. The average molecular weight is 415 g/mol. The van der Waals surface area contributed by atoms with Gasteiger partial charge in [0.05, 0.1) is 0 Å². The lowest BCUT2D eigenvalue weighted by atomic mass is 10.0. The van der Waals surface area contributed by atoms with Crippen molar-refractivity contribution in [2.45, 2.75) is 39.4 Å². The van der Waals surface area contributed by atoms with E-state index in [1.807, 2.05) is 0 Å². The molecule has 1 aromatic rings. The molecule has 148 valence electrons. The number of allylic oxidation sites excluding steroid dienone is 1. The van der Waals surface area contributed by atoms with E-state index < -0.39 is 12.2 Å². The van der Waals surface area contributed by atoms with Gasteiger partial charge in [-0.25, -0.2) is 4.39 Å². The van der Waals surface area contributed by atoms with E-state index in [0.717, 1.165) is 6.42 Å². The predicted molar refractivity (Wildman–Crippen MR) is 107 cm³/mol. The number of carbonyl (C=O) groups is 2. The molecule has 0 saturated carbocycles. The van der Waals surface area contributed by atoms with Gasteiger partial charge in [0.2, 0.25) is 5.91 Å². The summed E-state index contributed by atoms with van der Waals surface area (Å²) in [6.07, 6.45) is 0.769. The van der Waals surface area contributed by atoms with Crippen molar-refractivity contribution in [3.63, 3.8) is 0 Å². The Morgan fingerprint density at radius 2 is 2.19 bits per heavy atom. The first-order chi connectivity index (χ1) is 12.8. The molecule has 0 saturated heterocycles. The van der Waals surface area contributed by atoms with Crippen molar-refractivity contribution in [2.75, 3.05) is 23.7 Å². The summed E-state index contributed by atoms with van der Waals surface area (Å²) in [5.74, 6) is 1.16. The fraction of sp³-hybridized carbons (Fsp3) is 0.474. The number of ether oxygens (including phenoxy) is 1. The van der Waals surface area contributed by atoms with E-state index in [0.29, 0.717) is 33.5 Å². The lowest BCUT2D eigenvalue weighted by molar-refractivity contribution is -0.148. The number of rotatable bonds is 8. The minimum atomic E-state index is -1.15. The van der Waals surface area contributed by atoms with Gasteiger partial charge in [-0.15, -0.1) is 23.4 Å². The van der Waals surface area contributed by atoms with Gasteiger partial charge in [-0.3, -0.25) is 14.5 Å². The van der Waals surface area contributed by atoms with Crippen molar-refractivity contribution >= 4 is 40.9 Å². The van der Waals surface area contributed by atoms with Crippen LogP contribution in [0.25, 0.3) is 0 Å². The molecular weight excluding hydrogens is 391 g/mol. The van der Waals surface area contributed by atoms with E-state index in [1.165, 1.54) is 16.7 Å². The van der Waals surface area contributed by atoms with Crippen LogP contribution in [0, 0.1) is 0 Å². The number of carbonyl (C=O) groups excluding carboxylic acids is 2. The molecular formula is C19H24ClFN2O3S. The summed E-state index contributed by atoms with van der Waals surface area (Å²) in [5.41, 5.74) is -0.196. The molecule has 1 N–H and O–H groups in total. The number of hydrogen-bond donors (Lipinski definition) is 1. The zero-order chi connectivity index (χ0) is 20.0. The highest BCUT2D eigenvalue weighted by Gasteiger charge is 2.42. The molecule has 27 heavy (non-hydrogen) atoms. The molecule has 1 aliphatic rings. The first kappa shape index (κ1) is 21.6. The molecule has 0 radical (unpaired) electrons. The fourth-order valence-electron chi connectivity index (χ4n) is 2.50.